The lowest BCUT2D eigenvalue weighted by atomic mass is 10.1. The molecule has 1 saturated carbocycles. The fraction of sp³-hybridized carbons (Fsp3) is 0.609. The van der Waals surface area contributed by atoms with Crippen LogP contribution in [0.1, 0.15) is 39.0 Å². The Labute approximate surface area is 177 Å². The van der Waals surface area contributed by atoms with E-state index in [1.54, 1.807) is 11.8 Å². The van der Waals surface area contributed by atoms with Crippen LogP contribution in [0.3, 0.4) is 0 Å². The van der Waals surface area contributed by atoms with E-state index in [0.717, 1.165) is 44.5 Å². The van der Waals surface area contributed by atoms with Crippen molar-refractivity contribution in [1.82, 2.24) is 9.80 Å². The topological polar surface area (TPSA) is 70.2 Å². The third-order valence-electron chi connectivity index (χ3n) is 6.61. The Morgan fingerprint density at radius 1 is 1.03 bits per heavy atom. The van der Waals surface area contributed by atoms with Crippen molar-refractivity contribution in [2.75, 3.05) is 37.6 Å². The van der Waals surface area contributed by atoms with Gasteiger partial charge < -0.3 is 19.4 Å². The van der Waals surface area contributed by atoms with Gasteiger partial charge in [0.15, 0.2) is 6.10 Å². The van der Waals surface area contributed by atoms with E-state index in [1.165, 1.54) is 0 Å². The first-order valence-corrected chi connectivity index (χ1v) is 11.1. The summed E-state index contributed by atoms with van der Waals surface area (Å²) in [7, 11) is 0. The zero-order chi connectivity index (χ0) is 21.1. The number of hydrogen-bond acceptors (Lipinski definition) is 5. The molecule has 4 rings (SSSR count). The summed E-state index contributed by atoms with van der Waals surface area (Å²) in [6, 6.07) is 10.4. The number of rotatable bonds is 5. The lowest BCUT2D eigenvalue weighted by Gasteiger charge is -2.37. The van der Waals surface area contributed by atoms with Gasteiger partial charge in [-0.1, -0.05) is 31.0 Å². The molecule has 1 aliphatic carbocycles. The van der Waals surface area contributed by atoms with Gasteiger partial charge in [-0.3, -0.25) is 14.4 Å². The van der Waals surface area contributed by atoms with Crippen molar-refractivity contribution in [1.29, 1.82) is 0 Å². The average molecular weight is 414 g/mol. The van der Waals surface area contributed by atoms with Gasteiger partial charge in [-0.15, -0.1) is 0 Å². The highest BCUT2D eigenvalue weighted by atomic mass is 16.5. The predicted molar refractivity (Wildman–Crippen MR) is 113 cm³/mol. The number of carbonyl (C=O) groups excluding carboxylic acids is 3. The molecule has 162 valence electrons. The van der Waals surface area contributed by atoms with E-state index < -0.39 is 18.0 Å². The molecule has 2 amide bonds. The molecule has 0 bridgehead atoms. The van der Waals surface area contributed by atoms with E-state index in [-0.39, 0.29) is 24.3 Å². The number of esters is 1. The van der Waals surface area contributed by atoms with Crippen LogP contribution in [0.25, 0.3) is 0 Å². The Morgan fingerprint density at radius 2 is 1.70 bits per heavy atom. The van der Waals surface area contributed by atoms with Gasteiger partial charge in [0.2, 0.25) is 5.91 Å². The first-order chi connectivity index (χ1) is 14.5. The number of benzene rings is 1. The van der Waals surface area contributed by atoms with E-state index in [2.05, 4.69) is 17.0 Å². The van der Waals surface area contributed by atoms with Crippen molar-refractivity contribution in [2.24, 2.45) is 5.92 Å². The minimum Gasteiger partial charge on any atom is -0.452 e. The molecule has 7 heteroatoms. The molecule has 7 nitrogen and oxygen atoms in total. The summed E-state index contributed by atoms with van der Waals surface area (Å²) in [5.41, 5.74) is 1.15. The Morgan fingerprint density at radius 3 is 2.37 bits per heavy atom. The van der Waals surface area contributed by atoms with Crippen LogP contribution in [0, 0.1) is 5.92 Å². The minimum absolute atomic E-state index is 0.0415. The molecular weight excluding hydrogens is 382 g/mol. The molecule has 1 aromatic carbocycles. The number of carbonyl (C=O) groups is 3. The molecule has 2 heterocycles. The largest absolute Gasteiger partial charge is 0.452 e. The minimum atomic E-state index is -0.823. The molecule has 0 N–H and O–H groups in total. The predicted octanol–water partition coefficient (Wildman–Crippen LogP) is 2.06. The SMILES string of the molecule is C[C@@H](OC(=O)[C@H]1CC(=O)N(C2CCCC2)C1)C(=O)N1CCN(c2ccccc2)CC1. The molecule has 2 atom stereocenters. The van der Waals surface area contributed by atoms with E-state index in [1.807, 2.05) is 23.1 Å². The molecular formula is C23H31N3O4. The maximum absolute atomic E-state index is 12.8. The maximum atomic E-state index is 12.8. The number of hydrogen-bond donors (Lipinski definition) is 0. The Kier molecular flexibility index (Phi) is 6.25. The summed E-state index contributed by atoms with van der Waals surface area (Å²) in [5.74, 6) is -0.996. The highest BCUT2D eigenvalue weighted by Crippen LogP contribution is 2.30. The van der Waals surface area contributed by atoms with Crippen molar-refractivity contribution >= 4 is 23.5 Å². The van der Waals surface area contributed by atoms with Crippen LogP contribution >= 0.6 is 0 Å². The van der Waals surface area contributed by atoms with E-state index in [0.29, 0.717) is 19.6 Å². The number of piperazine rings is 1. The number of amides is 2. The standard InChI is InChI=1S/C23H31N3O4/c1-17(22(28)25-13-11-24(12-14-25)19-7-3-2-4-8-19)30-23(29)18-15-21(27)26(16-18)20-9-5-6-10-20/h2-4,7-8,17-18,20H,5-6,9-16H2,1H3/t17-,18+/m1/s1. The number of anilines is 1. The second kappa shape index (κ2) is 9.06. The summed E-state index contributed by atoms with van der Waals surface area (Å²) in [4.78, 5) is 43.6. The fourth-order valence-electron chi connectivity index (χ4n) is 4.86. The van der Waals surface area contributed by atoms with Gasteiger partial charge in [0.25, 0.3) is 5.91 Å². The van der Waals surface area contributed by atoms with Gasteiger partial charge in [0.1, 0.15) is 0 Å². The van der Waals surface area contributed by atoms with Gasteiger partial charge >= 0.3 is 5.97 Å². The van der Waals surface area contributed by atoms with Crippen LogP contribution in [-0.4, -0.2) is 72.5 Å². The molecule has 3 aliphatic rings. The third-order valence-corrected chi connectivity index (χ3v) is 6.61. The first kappa shape index (κ1) is 20.7. The summed E-state index contributed by atoms with van der Waals surface area (Å²) < 4.78 is 5.50. The van der Waals surface area contributed by atoms with Crippen molar-refractivity contribution < 1.29 is 19.1 Å². The van der Waals surface area contributed by atoms with Gasteiger partial charge in [-0.2, -0.15) is 0 Å². The monoisotopic (exact) mass is 413 g/mol. The second-order valence-electron chi connectivity index (χ2n) is 8.61. The zero-order valence-electron chi connectivity index (χ0n) is 17.7. The number of likely N-dealkylation sites (tertiary alicyclic amines) is 1. The Hall–Kier alpha value is -2.57. The van der Waals surface area contributed by atoms with Gasteiger partial charge in [0.05, 0.1) is 5.92 Å². The second-order valence-corrected chi connectivity index (χ2v) is 8.61. The van der Waals surface area contributed by atoms with Crippen LogP contribution < -0.4 is 4.90 Å². The average Bonchev–Trinajstić information content (AvgIpc) is 3.43. The van der Waals surface area contributed by atoms with E-state index in [4.69, 9.17) is 4.74 Å². The van der Waals surface area contributed by atoms with Crippen molar-refractivity contribution in [3.8, 4) is 0 Å². The summed E-state index contributed by atoms with van der Waals surface area (Å²) >= 11 is 0. The lowest BCUT2D eigenvalue weighted by Crippen LogP contribution is -2.51. The van der Waals surface area contributed by atoms with Crippen LogP contribution in [0.2, 0.25) is 0 Å². The van der Waals surface area contributed by atoms with E-state index in [9.17, 15) is 14.4 Å². The van der Waals surface area contributed by atoms with Crippen LogP contribution in [0.15, 0.2) is 30.3 Å². The van der Waals surface area contributed by atoms with Crippen LogP contribution in [-0.2, 0) is 19.1 Å². The maximum Gasteiger partial charge on any atom is 0.312 e. The molecule has 0 unspecified atom stereocenters. The Bertz CT molecular complexity index is 770. The van der Waals surface area contributed by atoms with Gasteiger partial charge in [-0.25, -0.2) is 0 Å². The van der Waals surface area contributed by atoms with Crippen LogP contribution in [0.4, 0.5) is 5.69 Å². The molecule has 2 aliphatic heterocycles. The first-order valence-electron chi connectivity index (χ1n) is 11.1. The smallest absolute Gasteiger partial charge is 0.312 e. The molecule has 2 saturated heterocycles. The number of nitrogens with zero attached hydrogens (tertiary/aromatic N) is 3. The molecule has 1 aromatic rings. The highest BCUT2D eigenvalue weighted by molar-refractivity contribution is 5.89. The van der Waals surface area contributed by atoms with Crippen LogP contribution in [0.5, 0.6) is 0 Å². The van der Waals surface area contributed by atoms with Crippen molar-refractivity contribution in [3.63, 3.8) is 0 Å². The molecule has 30 heavy (non-hydrogen) atoms. The molecule has 3 fully saturated rings. The van der Waals surface area contributed by atoms with Gasteiger partial charge in [-0.05, 0) is 31.9 Å². The van der Waals surface area contributed by atoms with Crippen molar-refractivity contribution in [2.45, 2.75) is 51.2 Å². The number of ether oxygens (including phenoxy) is 1. The van der Waals surface area contributed by atoms with E-state index >= 15 is 0 Å². The molecule has 0 aromatic heterocycles. The Balaban J connectivity index is 1.25. The number of para-hydroxylation sites is 1. The third kappa shape index (κ3) is 4.45. The van der Waals surface area contributed by atoms with Crippen molar-refractivity contribution in [3.05, 3.63) is 30.3 Å². The normalized spacial score (nSPS) is 23.7. The summed E-state index contributed by atoms with van der Waals surface area (Å²) in [6.45, 7) is 4.78. The van der Waals surface area contributed by atoms with Gasteiger partial charge in [0, 0.05) is 50.9 Å². The highest BCUT2D eigenvalue weighted by Gasteiger charge is 2.40. The molecule has 0 spiro atoms. The zero-order valence-corrected chi connectivity index (χ0v) is 17.7. The quantitative estimate of drug-likeness (QED) is 0.691. The lowest BCUT2D eigenvalue weighted by molar-refractivity contribution is -0.162. The summed E-state index contributed by atoms with van der Waals surface area (Å²) in [5, 5.41) is 0. The molecule has 0 radical (unpaired) electrons. The fourth-order valence-corrected chi connectivity index (χ4v) is 4.86. The summed E-state index contributed by atoms with van der Waals surface area (Å²) in [6.07, 6.45) is 3.72.